The van der Waals surface area contributed by atoms with Crippen LogP contribution in [-0.2, 0) is 4.79 Å². The number of aliphatic hydroxyl groups excluding tert-OH is 1. The van der Waals surface area contributed by atoms with Crippen LogP contribution in [0.3, 0.4) is 0 Å². The van der Waals surface area contributed by atoms with Crippen LogP contribution in [0.15, 0.2) is 0 Å². The molecule has 0 unspecified atom stereocenters. The maximum atomic E-state index is 12.5. The molecule has 0 aromatic rings. The molecule has 1 fully saturated rings. The van der Waals surface area contributed by atoms with E-state index in [1.54, 1.807) is 9.80 Å². The van der Waals surface area contributed by atoms with Crippen molar-refractivity contribution >= 4 is 12.0 Å². The van der Waals surface area contributed by atoms with Gasteiger partial charge in [0.25, 0.3) is 0 Å². The predicted molar refractivity (Wildman–Crippen MR) is 70.9 cm³/mol. The molecule has 2 N–H and O–H groups in total. The minimum atomic E-state index is -0.915. The molecule has 2 amide bonds. The highest BCUT2D eigenvalue weighted by Crippen LogP contribution is 2.29. The summed E-state index contributed by atoms with van der Waals surface area (Å²) >= 11 is 0. The van der Waals surface area contributed by atoms with Crippen molar-refractivity contribution in [2.24, 2.45) is 0 Å². The van der Waals surface area contributed by atoms with Crippen molar-refractivity contribution < 1.29 is 19.8 Å². The zero-order valence-electron chi connectivity index (χ0n) is 11.9. The molecule has 0 bridgehead atoms. The number of rotatable bonds is 6. The van der Waals surface area contributed by atoms with E-state index in [-0.39, 0.29) is 31.6 Å². The van der Waals surface area contributed by atoms with Crippen molar-refractivity contribution in [3.63, 3.8) is 0 Å². The molecule has 1 rings (SSSR count). The average Bonchev–Trinajstić information content (AvgIpc) is 3.07. The standard InChI is InChI=1S/C13H24N2O4/c1-13(2,3)15(7-6-11(17)18)12(19)14(8-9-16)10-4-5-10/h10,16H,4-9H2,1-3H3,(H,17,18). The van der Waals surface area contributed by atoms with E-state index in [1.165, 1.54) is 0 Å². The highest BCUT2D eigenvalue weighted by atomic mass is 16.4. The van der Waals surface area contributed by atoms with Gasteiger partial charge in [-0.15, -0.1) is 0 Å². The van der Waals surface area contributed by atoms with E-state index in [1.807, 2.05) is 20.8 Å². The summed E-state index contributed by atoms with van der Waals surface area (Å²) in [5.41, 5.74) is -0.435. The molecular weight excluding hydrogens is 248 g/mol. The highest BCUT2D eigenvalue weighted by Gasteiger charge is 2.37. The Hall–Kier alpha value is -1.30. The molecule has 0 radical (unpaired) electrons. The molecule has 0 atom stereocenters. The fourth-order valence-corrected chi connectivity index (χ4v) is 2.01. The second-order valence-electron chi connectivity index (χ2n) is 5.90. The molecule has 19 heavy (non-hydrogen) atoms. The third-order valence-electron chi connectivity index (χ3n) is 3.16. The monoisotopic (exact) mass is 272 g/mol. The van der Waals surface area contributed by atoms with Gasteiger partial charge in [-0.05, 0) is 33.6 Å². The lowest BCUT2D eigenvalue weighted by atomic mass is 10.1. The Morgan fingerprint density at radius 2 is 1.79 bits per heavy atom. The van der Waals surface area contributed by atoms with Crippen LogP contribution < -0.4 is 0 Å². The van der Waals surface area contributed by atoms with Gasteiger partial charge in [0.15, 0.2) is 0 Å². The van der Waals surface area contributed by atoms with Gasteiger partial charge in [0.1, 0.15) is 0 Å². The largest absolute Gasteiger partial charge is 0.481 e. The van der Waals surface area contributed by atoms with Gasteiger partial charge in [0, 0.05) is 24.7 Å². The number of aliphatic hydroxyl groups is 1. The zero-order valence-corrected chi connectivity index (χ0v) is 11.9. The van der Waals surface area contributed by atoms with Crippen molar-refractivity contribution in [2.75, 3.05) is 19.7 Å². The first kappa shape index (κ1) is 15.8. The minimum absolute atomic E-state index is 0.0688. The molecule has 1 aliphatic carbocycles. The summed E-state index contributed by atoms with van der Waals surface area (Å²) in [5, 5.41) is 17.8. The molecule has 0 spiro atoms. The number of carboxylic acids is 1. The Morgan fingerprint density at radius 3 is 2.16 bits per heavy atom. The van der Waals surface area contributed by atoms with E-state index in [2.05, 4.69) is 0 Å². The lowest BCUT2D eigenvalue weighted by Gasteiger charge is -2.39. The first-order valence-corrected chi connectivity index (χ1v) is 6.68. The molecule has 1 aliphatic rings. The van der Waals surface area contributed by atoms with Crippen molar-refractivity contribution in [3.05, 3.63) is 0 Å². The molecule has 1 saturated carbocycles. The van der Waals surface area contributed by atoms with Gasteiger partial charge >= 0.3 is 12.0 Å². The van der Waals surface area contributed by atoms with E-state index in [4.69, 9.17) is 10.2 Å². The normalized spacial score (nSPS) is 15.2. The summed E-state index contributed by atoms with van der Waals surface area (Å²) in [4.78, 5) is 26.5. The number of carboxylic acid groups (broad SMARTS) is 1. The second-order valence-corrected chi connectivity index (χ2v) is 5.90. The molecular formula is C13H24N2O4. The van der Waals surface area contributed by atoms with E-state index in [0.717, 1.165) is 12.8 Å². The van der Waals surface area contributed by atoms with Gasteiger partial charge < -0.3 is 20.0 Å². The second kappa shape index (κ2) is 6.23. The molecule has 110 valence electrons. The van der Waals surface area contributed by atoms with Crippen LogP contribution in [0.5, 0.6) is 0 Å². The van der Waals surface area contributed by atoms with E-state index >= 15 is 0 Å². The first-order valence-electron chi connectivity index (χ1n) is 6.68. The van der Waals surface area contributed by atoms with Gasteiger partial charge in [-0.3, -0.25) is 4.79 Å². The van der Waals surface area contributed by atoms with Crippen LogP contribution in [0.2, 0.25) is 0 Å². The SMILES string of the molecule is CC(C)(C)N(CCC(=O)O)C(=O)N(CCO)C1CC1. The summed E-state index contributed by atoms with van der Waals surface area (Å²) in [7, 11) is 0. The molecule has 6 nitrogen and oxygen atoms in total. The van der Waals surface area contributed by atoms with Crippen LogP contribution in [0.1, 0.15) is 40.0 Å². The van der Waals surface area contributed by atoms with Crippen LogP contribution in [0, 0.1) is 0 Å². The van der Waals surface area contributed by atoms with Crippen molar-refractivity contribution in [1.82, 2.24) is 9.80 Å². The topological polar surface area (TPSA) is 81.1 Å². The van der Waals surface area contributed by atoms with Gasteiger partial charge in [0.2, 0.25) is 0 Å². The Morgan fingerprint density at radius 1 is 1.21 bits per heavy atom. The number of hydrogen-bond donors (Lipinski definition) is 2. The molecule has 0 heterocycles. The minimum Gasteiger partial charge on any atom is -0.481 e. The fraction of sp³-hybridized carbons (Fsp3) is 0.846. The van der Waals surface area contributed by atoms with Gasteiger partial charge in [0.05, 0.1) is 13.0 Å². The number of aliphatic carboxylic acids is 1. The van der Waals surface area contributed by atoms with Crippen LogP contribution in [-0.4, -0.2) is 63.3 Å². The third-order valence-corrected chi connectivity index (χ3v) is 3.16. The van der Waals surface area contributed by atoms with E-state index in [9.17, 15) is 9.59 Å². The smallest absolute Gasteiger partial charge is 0.320 e. The lowest BCUT2D eigenvalue weighted by Crippen LogP contribution is -2.53. The fourth-order valence-electron chi connectivity index (χ4n) is 2.01. The molecule has 0 aromatic carbocycles. The van der Waals surface area contributed by atoms with E-state index in [0.29, 0.717) is 6.54 Å². The van der Waals surface area contributed by atoms with Gasteiger partial charge in [-0.25, -0.2) is 4.79 Å². The third kappa shape index (κ3) is 4.70. The van der Waals surface area contributed by atoms with Crippen LogP contribution in [0.4, 0.5) is 4.79 Å². The molecule has 0 saturated heterocycles. The van der Waals surface area contributed by atoms with Crippen LogP contribution in [0.25, 0.3) is 0 Å². The summed E-state index contributed by atoms with van der Waals surface area (Å²) in [6, 6.07) is 0.0274. The summed E-state index contributed by atoms with van der Waals surface area (Å²) in [6.07, 6.45) is 1.85. The number of carbonyl (C=O) groups is 2. The maximum Gasteiger partial charge on any atom is 0.320 e. The molecule has 6 heteroatoms. The number of carbonyl (C=O) groups excluding carboxylic acids is 1. The summed E-state index contributed by atoms with van der Waals surface area (Å²) in [5.74, 6) is -0.915. The molecule has 0 aliphatic heterocycles. The van der Waals surface area contributed by atoms with Gasteiger partial charge in [-0.1, -0.05) is 0 Å². The van der Waals surface area contributed by atoms with Gasteiger partial charge in [-0.2, -0.15) is 0 Å². The Bertz CT molecular complexity index is 334. The zero-order chi connectivity index (χ0) is 14.6. The average molecular weight is 272 g/mol. The summed E-state index contributed by atoms with van der Waals surface area (Å²) < 4.78 is 0. The number of amides is 2. The molecule has 0 aromatic heterocycles. The summed E-state index contributed by atoms with van der Waals surface area (Å²) in [6.45, 7) is 6.08. The maximum absolute atomic E-state index is 12.5. The number of urea groups is 1. The van der Waals surface area contributed by atoms with Crippen LogP contribution >= 0.6 is 0 Å². The van der Waals surface area contributed by atoms with Crippen molar-refractivity contribution in [1.29, 1.82) is 0 Å². The first-order chi connectivity index (χ1) is 8.77. The van der Waals surface area contributed by atoms with E-state index < -0.39 is 11.5 Å². The Labute approximate surface area is 114 Å². The Balaban J connectivity index is 2.76. The highest BCUT2D eigenvalue weighted by molar-refractivity contribution is 5.77. The predicted octanol–water partition coefficient (Wildman–Crippen LogP) is 1.14. The quantitative estimate of drug-likeness (QED) is 0.759. The lowest BCUT2D eigenvalue weighted by molar-refractivity contribution is -0.137. The van der Waals surface area contributed by atoms with Crippen molar-refractivity contribution in [3.8, 4) is 0 Å². The Kier molecular flexibility index (Phi) is 5.17. The van der Waals surface area contributed by atoms with Crippen molar-refractivity contribution in [2.45, 2.75) is 51.6 Å². The number of nitrogens with zero attached hydrogens (tertiary/aromatic N) is 2. The number of hydrogen-bond acceptors (Lipinski definition) is 3.